The third-order valence-corrected chi connectivity index (χ3v) is 5.10. The largest absolute Gasteiger partial charge is 0.465 e. The van der Waals surface area contributed by atoms with E-state index in [2.05, 4.69) is 0 Å². The zero-order valence-corrected chi connectivity index (χ0v) is 17.2. The Bertz CT molecular complexity index is 662. The zero-order chi connectivity index (χ0) is 21.7. The highest BCUT2D eigenvalue weighted by Crippen LogP contribution is 2.42. The molecule has 2 amide bonds. The second-order valence-corrected chi connectivity index (χ2v) is 9.08. The number of hydrogen-bond donors (Lipinski definition) is 1. The van der Waals surface area contributed by atoms with E-state index >= 15 is 0 Å². The minimum absolute atomic E-state index is 0.00393. The van der Waals surface area contributed by atoms with Gasteiger partial charge in [0.15, 0.2) is 0 Å². The van der Waals surface area contributed by atoms with Gasteiger partial charge in [-0.1, -0.05) is 0 Å². The maximum Gasteiger partial charge on any atom is 0.407 e. The van der Waals surface area contributed by atoms with E-state index in [0.717, 1.165) is 5.01 Å². The first-order chi connectivity index (χ1) is 12.6. The summed E-state index contributed by atoms with van der Waals surface area (Å²) in [7, 11) is 0. The molecule has 10 heteroatoms. The first kappa shape index (κ1) is 22.3. The summed E-state index contributed by atoms with van der Waals surface area (Å²) in [6, 6.07) is -2.46. The molecule has 0 bridgehead atoms. The van der Waals surface area contributed by atoms with Crippen LogP contribution in [0, 0.1) is 5.41 Å². The molecule has 1 N–H and O–H groups in total. The first-order valence-corrected chi connectivity index (χ1v) is 9.22. The Kier molecular flexibility index (Phi) is 5.68. The van der Waals surface area contributed by atoms with Crippen LogP contribution in [0.5, 0.6) is 0 Å². The average molecular weight is 405 g/mol. The summed E-state index contributed by atoms with van der Waals surface area (Å²) >= 11 is 0. The van der Waals surface area contributed by atoms with Crippen LogP contribution in [0.2, 0.25) is 0 Å². The van der Waals surface area contributed by atoms with Crippen molar-refractivity contribution in [2.24, 2.45) is 5.41 Å². The van der Waals surface area contributed by atoms with Crippen LogP contribution in [0.15, 0.2) is 0 Å². The fourth-order valence-electron chi connectivity index (χ4n) is 3.63. The first-order valence-electron chi connectivity index (χ1n) is 9.22. The van der Waals surface area contributed by atoms with Crippen LogP contribution in [0.3, 0.4) is 0 Å². The standard InChI is InChI=1S/C18H29F2N3O5/c1-11(24)23-9-12-13(18(19,20)10-21(12)15(26)27)22(23)8-7-17(5,6)14(25)28-16(2,3)4/h12-13H,7-10H2,1-6H3,(H,26,27). The maximum absolute atomic E-state index is 14.6. The van der Waals surface area contributed by atoms with Crippen LogP contribution in [0.1, 0.15) is 48.0 Å². The molecule has 0 aromatic heterocycles. The molecule has 0 saturated carbocycles. The van der Waals surface area contributed by atoms with E-state index in [1.54, 1.807) is 34.6 Å². The van der Waals surface area contributed by atoms with Gasteiger partial charge in [-0.25, -0.2) is 18.6 Å². The molecule has 0 spiro atoms. The van der Waals surface area contributed by atoms with Crippen LogP contribution >= 0.6 is 0 Å². The number of fused-ring (bicyclic) bond motifs is 1. The molecule has 2 fully saturated rings. The second kappa shape index (κ2) is 7.13. The van der Waals surface area contributed by atoms with Crippen molar-refractivity contribution in [3.63, 3.8) is 0 Å². The number of nitrogens with zero attached hydrogens (tertiary/aromatic N) is 3. The van der Waals surface area contributed by atoms with Crippen molar-refractivity contribution in [1.82, 2.24) is 14.9 Å². The van der Waals surface area contributed by atoms with E-state index in [9.17, 15) is 28.3 Å². The van der Waals surface area contributed by atoms with Gasteiger partial charge in [0, 0.05) is 13.5 Å². The van der Waals surface area contributed by atoms with Gasteiger partial charge >= 0.3 is 12.1 Å². The van der Waals surface area contributed by atoms with Crippen LogP contribution in [0.4, 0.5) is 13.6 Å². The molecule has 160 valence electrons. The Labute approximate surface area is 163 Å². The SMILES string of the molecule is CC(=O)N1CC2C(N1CCC(C)(C)C(=O)OC(C)(C)C)C(F)(F)CN2C(=O)O. The van der Waals surface area contributed by atoms with E-state index in [1.807, 2.05) is 0 Å². The Hall–Kier alpha value is -1.97. The van der Waals surface area contributed by atoms with Crippen LogP contribution in [-0.4, -0.2) is 81.2 Å². The van der Waals surface area contributed by atoms with E-state index in [0.29, 0.717) is 4.90 Å². The number of carbonyl (C=O) groups is 3. The molecule has 2 unspecified atom stereocenters. The maximum atomic E-state index is 14.6. The highest BCUT2D eigenvalue weighted by molar-refractivity contribution is 5.76. The number of hydrogen-bond acceptors (Lipinski definition) is 5. The third-order valence-electron chi connectivity index (χ3n) is 5.10. The second-order valence-electron chi connectivity index (χ2n) is 9.08. The smallest absolute Gasteiger partial charge is 0.407 e. The summed E-state index contributed by atoms with van der Waals surface area (Å²) in [5, 5.41) is 11.6. The van der Waals surface area contributed by atoms with Crippen molar-refractivity contribution in [3.05, 3.63) is 0 Å². The van der Waals surface area contributed by atoms with Gasteiger partial charge < -0.3 is 9.84 Å². The van der Waals surface area contributed by atoms with Crippen LogP contribution < -0.4 is 0 Å². The third kappa shape index (κ3) is 4.37. The predicted molar refractivity (Wildman–Crippen MR) is 95.6 cm³/mol. The van der Waals surface area contributed by atoms with Crippen molar-refractivity contribution in [2.45, 2.75) is 71.6 Å². The Morgan fingerprint density at radius 2 is 1.75 bits per heavy atom. The number of alkyl halides is 2. The van der Waals surface area contributed by atoms with E-state index < -0.39 is 53.5 Å². The zero-order valence-electron chi connectivity index (χ0n) is 17.2. The summed E-state index contributed by atoms with van der Waals surface area (Å²) in [5.74, 6) is -4.22. The van der Waals surface area contributed by atoms with Gasteiger partial charge in [0.1, 0.15) is 11.6 Å². The summed E-state index contributed by atoms with van der Waals surface area (Å²) in [6.45, 7) is 8.73. The molecule has 28 heavy (non-hydrogen) atoms. The number of esters is 1. The molecule has 2 aliphatic rings. The molecule has 0 aromatic rings. The molecule has 8 nitrogen and oxygen atoms in total. The molecule has 0 aliphatic carbocycles. The molecular formula is C18H29F2N3O5. The Morgan fingerprint density at radius 1 is 1.18 bits per heavy atom. The predicted octanol–water partition coefficient (Wildman–Crippen LogP) is 2.19. The molecule has 2 rings (SSSR count). The molecule has 2 saturated heterocycles. The van der Waals surface area contributed by atoms with Gasteiger partial charge in [-0.3, -0.25) is 19.5 Å². The minimum atomic E-state index is -3.30. The summed E-state index contributed by atoms with van der Waals surface area (Å²) in [4.78, 5) is 36.5. The highest BCUT2D eigenvalue weighted by atomic mass is 19.3. The van der Waals surface area contributed by atoms with E-state index in [-0.39, 0.29) is 19.5 Å². The normalized spacial score (nSPS) is 25.0. The molecule has 0 aromatic carbocycles. The van der Waals surface area contributed by atoms with Gasteiger partial charge in [0.2, 0.25) is 5.91 Å². The van der Waals surface area contributed by atoms with E-state index in [4.69, 9.17) is 4.74 Å². The number of likely N-dealkylation sites (tertiary alicyclic amines) is 1. The van der Waals surface area contributed by atoms with Crippen LogP contribution in [-0.2, 0) is 14.3 Å². The van der Waals surface area contributed by atoms with Gasteiger partial charge in [0.25, 0.3) is 5.92 Å². The van der Waals surface area contributed by atoms with Crippen molar-refractivity contribution in [2.75, 3.05) is 19.6 Å². The highest BCUT2D eigenvalue weighted by Gasteiger charge is 2.63. The summed E-state index contributed by atoms with van der Waals surface area (Å²) in [6.07, 6.45) is -1.27. The summed E-state index contributed by atoms with van der Waals surface area (Å²) < 4.78 is 34.6. The lowest BCUT2D eigenvalue weighted by Crippen LogP contribution is -2.52. The van der Waals surface area contributed by atoms with Crippen LogP contribution in [0.25, 0.3) is 0 Å². The molecule has 2 heterocycles. The number of carboxylic acid groups (broad SMARTS) is 1. The number of rotatable bonds is 4. The van der Waals surface area contributed by atoms with Crippen molar-refractivity contribution >= 4 is 18.0 Å². The quantitative estimate of drug-likeness (QED) is 0.721. The van der Waals surface area contributed by atoms with Gasteiger partial charge in [-0.15, -0.1) is 0 Å². The molecular weight excluding hydrogens is 376 g/mol. The van der Waals surface area contributed by atoms with Crippen molar-refractivity contribution < 1.29 is 33.0 Å². The molecule has 2 aliphatic heterocycles. The lowest BCUT2D eigenvalue weighted by molar-refractivity contribution is -0.168. The number of ether oxygens (including phenoxy) is 1. The average Bonchev–Trinajstić information content (AvgIpc) is 3.00. The minimum Gasteiger partial charge on any atom is -0.465 e. The Balaban J connectivity index is 2.21. The molecule has 0 radical (unpaired) electrons. The fraction of sp³-hybridized carbons (Fsp3) is 0.833. The summed E-state index contributed by atoms with van der Waals surface area (Å²) in [5.41, 5.74) is -1.65. The lowest BCUT2D eigenvalue weighted by atomic mass is 9.89. The number of amides is 2. The number of hydrazine groups is 1. The Morgan fingerprint density at radius 3 is 2.21 bits per heavy atom. The number of carbonyl (C=O) groups excluding carboxylic acids is 2. The lowest BCUT2D eigenvalue weighted by Gasteiger charge is -2.36. The topological polar surface area (TPSA) is 90.4 Å². The van der Waals surface area contributed by atoms with Gasteiger partial charge in [-0.2, -0.15) is 0 Å². The van der Waals surface area contributed by atoms with Gasteiger partial charge in [-0.05, 0) is 41.0 Å². The molecule has 2 atom stereocenters. The monoisotopic (exact) mass is 405 g/mol. The van der Waals surface area contributed by atoms with E-state index in [1.165, 1.54) is 11.9 Å². The number of halogens is 2. The van der Waals surface area contributed by atoms with Gasteiger partial charge in [0.05, 0.1) is 24.5 Å². The fourth-order valence-corrected chi connectivity index (χ4v) is 3.63. The van der Waals surface area contributed by atoms with Crippen molar-refractivity contribution in [1.29, 1.82) is 0 Å². The van der Waals surface area contributed by atoms with Crippen molar-refractivity contribution in [3.8, 4) is 0 Å².